The Morgan fingerprint density at radius 2 is 2.29 bits per heavy atom. The number of anilines is 1. The van der Waals surface area contributed by atoms with Crippen LogP contribution in [-0.4, -0.2) is 36.1 Å². The molecule has 0 bridgehead atoms. The van der Waals surface area contributed by atoms with E-state index in [9.17, 15) is 4.79 Å². The van der Waals surface area contributed by atoms with Crippen molar-refractivity contribution in [2.45, 2.75) is 26.2 Å². The van der Waals surface area contributed by atoms with Crippen molar-refractivity contribution in [2.75, 3.05) is 31.1 Å². The van der Waals surface area contributed by atoms with Crippen LogP contribution in [0.5, 0.6) is 0 Å². The second-order valence-corrected chi connectivity index (χ2v) is 4.40. The van der Waals surface area contributed by atoms with Crippen LogP contribution in [0.3, 0.4) is 0 Å². The maximum atomic E-state index is 11.6. The molecule has 5 heteroatoms. The molecular weight excluding hydrogens is 216 g/mol. The van der Waals surface area contributed by atoms with Gasteiger partial charge in [0.1, 0.15) is 0 Å². The van der Waals surface area contributed by atoms with Crippen LogP contribution < -0.4 is 15.8 Å². The molecule has 0 amide bonds. The van der Waals surface area contributed by atoms with Crippen molar-refractivity contribution in [3.63, 3.8) is 0 Å². The summed E-state index contributed by atoms with van der Waals surface area (Å²) in [5.41, 5.74) is 0.846. The van der Waals surface area contributed by atoms with Crippen molar-refractivity contribution >= 4 is 5.95 Å². The normalized spacial score (nSPS) is 16.9. The molecule has 1 aliphatic heterocycles. The van der Waals surface area contributed by atoms with E-state index < -0.39 is 0 Å². The van der Waals surface area contributed by atoms with E-state index in [1.165, 1.54) is 0 Å². The fraction of sp³-hybridized carbons (Fsp3) is 0.667. The number of aromatic amines is 1. The minimum atomic E-state index is -0.0457. The summed E-state index contributed by atoms with van der Waals surface area (Å²) in [6, 6.07) is 1.60. The molecule has 17 heavy (non-hydrogen) atoms. The van der Waals surface area contributed by atoms with Crippen molar-refractivity contribution in [2.24, 2.45) is 0 Å². The van der Waals surface area contributed by atoms with Gasteiger partial charge in [0.15, 0.2) is 0 Å². The monoisotopic (exact) mass is 236 g/mol. The number of nitrogens with zero attached hydrogens (tertiary/aromatic N) is 2. The van der Waals surface area contributed by atoms with E-state index in [1.54, 1.807) is 6.07 Å². The molecule has 5 nitrogen and oxygen atoms in total. The van der Waals surface area contributed by atoms with Crippen LogP contribution in [0.25, 0.3) is 0 Å². The number of hydrogen-bond donors (Lipinski definition) is 2. The summed E-state index contributed by atoms with van der Waals surface area (Å²) in [4.78, 5) is 21.1. The third-order valence-electron chi connectivity index (χ3n) is 2.93. The molecule has 0 aliphatic carbocycles. The standard InChI is InChI=1S/C12H20N4O/c1-2-4-10-9-11(17)15-12(14-10)16-7-3-5-13-6-8-16/h9,13H,2-8H2,1H3,(H,14,15,17). The third kappa shape index (κ3) is 3.30. The van der Waals surface area contributed by atoms with Crippen LogP contribution in [0.15, 0.2) is 10.9 Å². The first-order valence-corrected chi connectivity index (χ1v) is 6.35. The fourth-order valence-corrected chi connectivity index (χ4v) is 2.09. The van der Waals surface area contributed by atoms with Crippen LogP contribution in [0.1, 0.15) is 25.5 Å². The zero-order valence-electron chi connectivity index (χ0n) is 10.3. The first-order chi connectivity index (χ1) is 8.29. The summed E-state index contributed by atoms with van der Waals surface area (Å²) in [5.74, 6) is 0.727. The van der Waals surface area contributed by atoms with Crippen molar-refractivity contribution in [1.82, 2.24) is 15.3 Å². The molecule has 94 valence electrons. The van der Waals surface area contributed by atoms with Gasteiger partial charge in [-0.25, -0.2) is 4.98 Å². The Balaban J connectivity index is 2.20. The molecule has 0 aromatic carbocycles. The number of rotatable bonds is 3. The largest absolute Gasteiger partial charge is 0.341 e. The summed E-state index contributed by atoms with van der Waals surface area (Å²) in [6.07, 6.45) is 2.96. The molecule has 0 spiro atoms. The van der Waals surface area contributed by atoms with Crippen LogP contribution in [0.2, 0.25) is 0 Å². The van der Waals surface area contributed by atoms with Crippen LogP contribution in [0.4, 0.5) is 5.95 Å². The summed E-state index contributed by atoms with van der Waals surface area (Å²) < 4.78 is 0. The van der Waals surface area contributed by atoms with Gasteiger partial charge in [-0.05, 0) is 19.4 Å². The Bertz CT molecular complexity index is 407. The molecule has 2 rings (SSSR count). The maximum absolute atomic E-state index is 11.6. The van der Waals surface area contributed by atoms with Crippen molar-refractivity contribution < 1.29 is 0 Å². The summed E-state index contributed by atoms with van der Waals surface area (Å²) >= 11 is 0. The molecule has 0 saturated carbocycles. The molecule has 1 aromatic heterocycles. The average molecular weight is 236 g/mol. The first-order valence-electron chi connectivity index (χ1n) is 6.35. The second-order valence-electron chi connectivity index (χ2n) is 4.40. The lowest BCUT2D eigenvalue weighted by molar-refractivity contribution is 0.724. The quantitative estimate of drug-likeness (QED) is 0.803. The predicted molar refractivity (Wildman–Crippen MR) is 68.6 cm³/mol. The lowest BCUT2D eigenvalue weighted by Crippen LogP contribution is -2.31. The summed E-state index contributed by atoms with van der Waals surface area (Å²) in [5, 5.41) is 3.34. The Morgan fingerprint density at radius 1 is 1.41 bits per heavy atom. The minimum absolute atomic E-state index is 0.0457. The van der Waals surface area contributed by atoms with Gasteiger partial charge in [0, 0.05) is 31.4 Å². The number of nitrogens with one attached hydrogen (secondary N) is 2. The van der Waals surface area contributed by atoms with E-state index in [-0.39, 0.29) is 5.56 Å². The fourth-order valence-electron chi connectivity index (χ4n) is 2.09. The minimum Gasteiger partial charge on any atom is -0.341 e. The number of aromatic nitrogens is 2. The Kier molecular flexibility index (Phi) is 4.14. The predicted octanol–water partition coefficient (Wildman–Crippen LogP) is 0.522. The zero-order chi connectivity index (χ0) is 12.1. The molecule has 0 radical (unpaired) electrons. The van der Waals surface area contributed by atoms with Crippen molar-refractivity contribution in [3.8, 4) is 0 Å². The van der Waals surface area contributed by atoms with Gasteiger partial charge in [-0.1, -0.05) is 13.3 Å². The second kappa shape index (κ2) is 5.82. The van der Waals surface area contributed by atoms with Gasteiger partial charge in [0.25, 0.3) is 5.56 Å². The van der Waals surface area contributed by atoms with Crippen molar-refractivity contribution in [1.29, 1.82) is 0 Å². The molecule has 1 saturated heterocycles. The van der Waals surface area contributed by atoms with Crippen LogP contribution in [-0.2, 0) is 6.42 Å². The molecule has 1 aromatic rings. The van der Waals surface area contributed by atoms with Crippen LogP contribution >= 0.6 is 0 Å². The van der Waals surface area contributed by atoms with E-state index >= 15 is 0 Å². The van der Waals surface area contributed by atoms with Gasteiger partial charge in [0.2, 0.25) is 5.95 Å². The zero-order valence-corrected chi connectivity index (χ0v) is 10.3. The molecule has 2 N–H and O–H groups in total. The Morgan fingerprint density at radius 3 is 3.12 bits per heavy atom. The van der Waals surface area contributed by atoms with Gasteiger partial charge in [0.05, 0.1) is 0 Å². The molecule has 0 atom stereocenters. The first kappa shape index (κ1) is 12.1. The van der Waals surface area contributed by atoms with Gasteiger partial charge in [-0.3, -0.25) is 9.78 Å². The van der Waals surface area contributed by atoms with Gasteiger partial charge in [-0.2, -0.15) is 0 Å². The Hall–Kier alpha value is -1.36. The molecule has 1 fully saturated rings. The van der Waals surface area contributed by atoms with E-state index in [0.29, 0.717) is 0 Å². The van der Waals surface area contributed by atoms with Crippen LogP contribution in [0, 0.1) is 0 Å². The SMILES string of the molecule is CCCc1cc(=O)[nH]c(N2CCCNCC2)n1. The highest BCUT2D eigenvalue weighted by Crippen LogP contribution is 2.08. The van der Waals surface area contributed by atoms with E-state index in [2.05, 4.69) is 27.1 Å². The number of hydrogen-bond acceptors (Lipinski definition) is 4. The Labute approximate surface area is 101 Å². The smallest absolute Gasteiger partial charge is 0.252 e. The lowest BCUT2D eigenvalue weighted by Gasteiger charge is -2.20. The van der Waals surface area contributed by atoms with Gasteiger partial charge >= 0.3 is 0 Å². The summed E-state index contributed by atoms with van der Waals surface area (Å²) in [6.45, 7) is 5.93. The highest BCUT2D eigenvalue weighted by atomic mass is 16.1. The van der Waals surface area contributed by atoms with E-state index in [0.717, 1.165) is 57.1 Å². The van der Waals surface area contributed by atoms with E-state index in [4.69, 9.17) is 0 Å². The van der Waals surface area contributed by atoms with E-state index in [1.807, 2.05) is 0 Å². The molecule has 1 aliphatic rings. The third-order valence-corrected chi connectivity index (χ3v) is 2.93. The highest BCUT2D eigenvalue weighted by Gasteiger charge is 2.12. The highest BCUT2D eigenvalue weighted by molar-refractivity contribution is 5.30. The van der Waals surface area contributed by atoms with Gasteiger partial charge in [-0.15, -0.1) is 0 Å². The number of H-pyrrole nitrogens is 1. The lowest BCUT2D eigenvalue weighted by atomic mass is 10.2. The molecular formula is C12H20N4O. The maximum Gasteiger partial charge on any atom is 0.252 e. The molecule has 0 unspecified atom stereocenters. The topological polar surface area (TPSA) is 61.0 Å². The van der Waals surface area contributed by atoms with Gasteiger partial charge < -0.3 is 10.2 Å². The average Bonchev–Trinajstić information content (AvgIpc) is 2.57. The number of aryl methyl sites for hydroxylation is 1. The summed E-state index contributed by atoms with van der Waals surface area (Å²) in [7, 11) is 0. The van der Waals surface area contributed by atoms with Crippen molar-refractivity contribution in [3.05, 3.63) is 22.1 Å². The molecule has 2 heterocycles.